The van der Waals surface area contributed by atoms with Crippen molar-refractivity contribution >= 4 is 66.4 Å². The molecular weight excluding hydrogens is 605 g/mol. The highest BCUT2D eigenvalue weighted by atomic mass is 15.2. The number of rotatable bonds is 2. The fourth-order valence-electron chi connectivity index (χ4n) is 9.07. The van der Waals surface area contributed by atoms with E-state index in [2.05, 4.69) is 185 Å². The zero-order valence-corrected chi connectivity index (χ0v) is 29.4. The Morgan fingerprint density at radius 2 is 1.00 bits per heavy atom. The minimum absolute atomic E-state index is 0.181. The van der Waals surface area contributed by atoms with Crippen molar-refractivity contribution < 1.29 is 0 Å². The molecule has 0 spiro atoms. The van der Waals surface area contributed by atoms with Gasteiger partial charge in [-0.05, 0) is 118 Å². The Kier molecular flexibility index (Phi) is 5.77. The molecule has 8 aromatic rings. The van der Waals surface area contributed by atoms with Gasteiger partial charge in [-0.3, -0.25) is 0 Å². The van der Waals surface area contributed by atoms with Gasteiger partial charge in [0, 0.05) is 27.3 Å². The van der Waals surface area contributed by atoms with E-state index in [1.165, 1.54) is 88.6 Å². The molecule has 0 radical (unpaired) electrons. The number of nitrogens with zero attached hydrogens (tertiary/aromatic N) is 2. The van der Waals surface area contributed by atoms with Crippen LogP contribution in [0.25, 0.3) is 32.3 Å². The number of hydrogen-bond donors (Lipinski definition) is 0. The molecule has 0 aliphatic carbocycles. The van der Waals surface area contributed by atoms with Crippen molar-refractivity contribution in [3.05, 3.63) is 167 Å². The van der Waals surface area contributed by atoms with Gasteiger partial charge >= 0.3 is 0 Å². The van der Waals surface area contributed by atoms with Gasteiger partial charge in [0.25, 0.3) is 0 Å². The highest BCUT2D eigenvalue weighted by Crippen LogP contribution is 2.59. The van der Waals surface area contributed by atoms with Crippen LogP contribution in [0.2, 0.25) is 0 Å². The number of aryl methyl sites for hydroxylation is 2. The van der Waals surface area contributed by atoms with Crippen LogP contribution in [0.4, 0.5) is 34.1 Å². The average Bonchev–Trinajstić information content (AvgIpc) is 3.12. The molecule has 0 unspecified atom stereocenters. The van der Waals surface area contributed by atoms with Crippen molar-refractivity contribution in [3.63, 3.8) is 0 Å². The van der Waals surface area contributed by atoms with Crippen LogP contribution in [0.1, 0.15) is 61.1 Å². The molecule has 2 nitrogen and oxygen atoms in total. The van der Waals surface area contributed by atoms with Crippen molar-refractivity contribution in [2.75, 3.05) is 9.80 Å². The largest absolute Gasteiger partial charge is 0.309 e. The fraction of sp³-hybridized carbons (Fsp3) is 0.167. The van der Waals surface area contributed by atoms with Gasteiger partial charge in [-0.1, -0.05) is 112 Å². The van der Waals surface area contributed by atoms with Crippen LogP contribution in [0.5, 0.6) is 0 Å². The second kappa shape index (κ2) is 9.90. The van der Waals surface area contributed by atoms with Gasteiger partial charge in [-0.15, -0.1) is 0 Å². The predicted octanol–water partition coefficient (Wildman–Crippen LogP) is 13.0. The number of para-hydroxylation sites is 2. The Balaban J connectivity index is 1.34. The van der Waals surface area contributed by atoms with Crippen molar-refractivity contribution in [2.45, 2.75) is 52.4 Å². The summed E-state index contributed by atoms with van der Waals surface area (Å²) < 4.78 is 0. The van der Waals surface area contributed by atoms with Crippen LogP contribution in [0.3, 0.4) is 0 Å². The summed E-state index contributed by atoms with van der Waals surface area (Å²) in [6, 6.07) is 52.6. The summed E-state index contributed by atoms with van der Waals surface area (Å²) >= 11 is 0. The predicted molar refractivity (Wildman–Crippen MR) is 211 cm³/mol. The molecule has 8 aromatic carbocycles. The lowest BCUT2D eigenvalue weighted by molar-refractivity contribution is 0.633. The maximum absolute atomic E-state index is 3.52. The molecule has 2 aliphatic rings. The summed E-state index contributed by atoms with van der Waals surface area (Å²) in [7, 11) is 0. The summed E-state index contributed by atoms with van der Waals surface area (Å²) in [4.78, 5) is 4.95. The maximum atomic E-state index is 3.52. The van der Waals surface area contributed by atoms with E-state index < -0.39 is 0 Å². The van der Waals surface area contributed by atoms with Gasteiger partial charge in [0.1, 0.15) is 0 Å². The molecule has 0 saturated carbocycles. The molecule has 240 valence electrons. The Morgan fingerprint density at radius 3 is 1.54 bits per heavy atom. The lowest BCUT2D eigenvalue weighted by atomic mass is 9.70. The third kappa shape index (κ3) is 3.75. The van der Waals surface area contributed by atoms with Gasteiger partial charge in [-0.2, -0.15) is 0 Å². The number of benzene rings is 7. The smallest absolute Gasteiger partial charge is 0.0974 e. The highest BCUT2D eigenvalue weighted by Gasteiger charge is 2.41. The summed E-state index contributed by atoms with van der Waals surface area (Å²) in [6.45, 7) is 13.8. The molecule has 0 bridgehead atoms. The van der Waals surface area contributed by atoms with Gasteiger partial charge in [0.2, 0.25) is 0 Å². The Morgan fingerprint density at radius 1 is 0.480 bits per heavy atom. The van der Waals surface area contributed by atoms with Crippen molar-refractivity contribution in [3.8, 4) is 0 Å². The average molecular weight is 643 g/mol. The lowest BCUT2D eigenvalue weighted by Gasteiger charge is -2.44. The topological polar surface area (TPSA) is 6.48 Å². The van der Waals surface area contributed by atoms with E-state index in [0.717, 1.165) is 11.3 Å². The maximum Gasteiger partial charge on any atom is 0.0974 e. The number of fused-ring (bicyclic) bond motifs is 6. The molecule has 2 heterocycles. The van der Waals surface area contributed by atoms with E-state index in [1.807, 2.05) is 0 Å². The second-order valence-corrected chi connectivity index (χ2v) is 15.4. The van der Waals surface area contributed by atoms with Crippen molar-refractivity contribution in [1.82, 2.24) is 0 Å². The molecular formula is C48H38N2. The Hall–Kier alpha value is -5.78. The van der Waals surface area contributed by atoms with Crippen molar-refractivity contribution in [2.24, 2.45) is 0 Å². The molecule has 0 amide bonds. The lowest BCUT2D eigenvalue weighted by Crippen LogP contribution is -2.31. The first-order chi connectivity index (χ1) is 24.1. The fourth-order valence-corrected chi connectivity index (χ4v) is 9.07. The minimum atomic E-state index is -0.198. The van der Waals surface area contributed by atoms with Gasteiger partial charge < -0.3 is 9.80 Å². The van der Waals surface area contributed by atoms with E-state index in [0.29, 0.717) is 0 Å². The van der Waals surface area contributed by atoms with Crippen LogP contribution in [-0.4, -0.2) is 0 Å². The molecule has 0 N–H and O–H groups in total. The molecule has 0 aromatic heterocycles. The normalized spacial score (nSPS) is 15.5. The first-order valence-electron chi connectivity index (χ1n) is 17.7. The van der Waals surface area contributed by atoms with E-state index in [-0.39, 0.29) is 10.8 Å². The van der Waals surface area contributed by atoms with Gasteiger partial charge in [0.05, 0.1) is 28.4 Å². The minimum Gasteiger partial charge on any atom is -0.309 e. The first kappa shape index (κ1) is 29.2. The summed E-state index contributed by atoms with van der Waals surface area (Å²) in [5.41, 5.74) is 14.5. The molecule has 0 saturated heterocycles. The van der Waals surface area contributed by atoms with E-state index in [4.69, 9.17) is 0 Å². The van der Waals surface area contributed by atoms with Crippen LogP contribution in [0.15, 0.2) is 121 Å². The van der Waals surface area contributed by atoms with Gasteiger partial charge in [-0.25, -0.2) is 0 Å². The van der Waals surface area contributed by atoms with Crippen LogP contribution in [0, 0.1) is 26.0 Å². The second-order valence-electron chi connectivity index (χ2n) is 15.4. The highest BCUT2D eigenvalue weighted by molar-refractivity contribution is 6.29. The first-order valence-corrected chi connectivity index (χ1v) is 17.7. The van der Waals surface area contributed by atoms with E-state index in [9.17, 15) is 0 Å². The zero-order valence-electron chi connectivity index (χ0n) is 29.4. The Labute approximate surface area is 294 Å². The quantitative estimate of drug-likeness (QED) is 0.173. The standard InChI is InChI=1S/C48H38N2/c1-29-15-21-33(22-16-29)49-41-13-9-7-11-37(41)47(3,4)39-27-31-20-26-36-44-32(19-25-35(43(31)44)45(39)49)28-40-46(36)50(34-23-17-30(2)18-24-34)42-14-10-8-12-38(42)48(40,5)6/h7-17,19-23,25-28H,1-6H3. The summed E-state index contributed by atoms with van der Waals surface area (Å²) in [6.07, 6.45) is 0. The monoisotopic (exact) mass is 642 g/mol. The van der Waals surface area contributed by atoms with Crippen LogP contribution < -0.4 is 9.80 Å². The molecule has 0 atom stereocenters. The number of anilines is 6. The van der Waals surface area contributed by atoms with E-state index in [1.54, 1.807) is 0 Å². The van der Waals surface area contributed by atoms with Crippen LogP contribution in [-0.2, 0) is 10.8 Å². The zero-order chi connectivity index (χ0) is 34.1. The molecule has 2 heteroatoms. The SMILES string of the molecule is Cc1c#cc(N2c3ccccc3C(C)(C)c3cc4ccc5c6c(cc7ccc(c32)c4c75)C(C)(C)c2ccccc2N6c2ccc(C)cc2)cc1. The summed E-state index contributed by atoms with van der Waals surface area (Å²) in [5, 5.41) is 7.76. The van der Waals surface area contributed by atoms with Crippen molar-refractivity contribution in [1.29, 1.82) is 0 Å². The molecule has 50 heavy (non-hydrogen) atoms. The molecule has 0 fully saturated rings. The molecule has 10 rings (SSSR count). The Bertz CT molecular complexity index is 2470. The summed E-state index contributed by atoms with van der Waals surface area (Å²) in [5.74, 6) is 0. The number of hydrogen-bond acceptors (Lipinski definition) is 2. The third-order valence-electron chi connectivity index (χ3n) is 11.7. The third-order valence-corrected chi connectivity index (χ3v) is 11.7. The molecule has 2 aliphatic heterocycles. The van der Waals surface area contributed by atoms with E-state index >= 15 is 0 Å². The van der Waals surface area contributed by atoms with Crippen LogP contribution >= 0.6 is 0 Å². The van der Waals surface area contributed by atoms with Gasteiger partial charge in [0.15, 0.2) is 0 Å².